The molecular formula is C21H22N2O4. The van der Waals surface area contributed by atoms with Crippen molar-refractivity contribution in [3.05, 3.63) is 54.3 Å². The van der Waals surface area contributed by atoms with Crippen LogP contribution in [0, 0.1) is 5.92 Å². The summed E-state index contributed by atoms with van der Waals surface area (Å²) in [4.78, 5) is 25.0. The van der Waals surface area contributed by atoms with Crippen LogP contribution in [0.15, 0.2) is 52.9 Å². The van der Waals surface area contributed by atoms with Gasteiger partial charge in [0, 0.05) is 17.5 Å². The van der Waals surface area contributed by atoms with E-state index in [0.29, 0.717) is 34.5 Å². The Labute approximate surface area is 157 Å². The van der Waals surface area contributed by atoms with Gasteiger partial charge in [-0.25, -0.2) is 0 Å². The number of rotatable bonds is 6. The number of methoxy groups -OCH3 is 1. The summed E-state index contributed by atoms with van der Waals surface area (Å²) in [5, 5.41) is 6.31. The Morgan fingerprint density at radius 2 is 1.74 bits per heavy atom. The van der Waals surface area contributed by atoms with Crippen molar-refractivity contribution in [2.45, 2.75) is 20.3 Å². The lowest BCUT2D eigenvalue weighted by atomic mass is 10.1. The minimum absolute atomic E-state index is 0.0733. The van der Waals surface area contributed by atoms with Crippen LogP contribution in [-0.2, 0) is 4.79 Å². The minimum atomic E-state index is -0.434. The highest BCUT2D eigenvalue weighted by Crippen LogP contribution is 2.32. The number of amides is 2. The molecule has 0 saturated carbocycles. The summed E-state index contributed by atoms with van der Waals surface area (Å²) in [5.74, 6) is 0.383. The normalized spacial score (nSPS) is 10.8. The smallest absolute Gasteiger partial charge is 0.293 e. The number of nitrogens with one attached hydrogen (secondary N) is 2. The molecule has 140 valence electrons. The molecule has 0 spiro atoms. The number of hydrogen-bond acceptors (Lipinski definition) is 4. The number of para-hydroxylation sites is 1. The van der Waals surface area contributed by atoms with Crippen LogP contribution in [0.3, 0.4) is 0 Å². The molecule has 0 aliphatic heterocycles. The van der Waals surface area contributed by atoms with E-state index in [9.17, 15) is 9.59 Å². The molecular weight excluding hydrogens is 344 g/mol. The van der Waals surface area contributed by atoms with Crippen LogP contribution in [-0.4, -0.2) is 18.9 Å². The van der Waals surface area contributed by atoms with Gasteiger partial charge in [0.05, 0.1) is 7.11 Å². The molecule has 0 bridgehead atoms. The van der Waals surface area contributed by atoms with E-state index in [0.717, 1.165) is 0 Å². The van der Waals surface area contributed by atoms with Gasteiger partial charge in [-0.3, -0.25) is 9.59 Å². The van der Waals surface area contributed by atoms with Crippen molar-refractivity contribution in [3.63, 3.8) is 0 Å². The second-order valence-corrected chi connectivity index (χ2v) is 6.63. The van der Waals surface area contributed by atoms with Gasteiger partial charge in [-0.1, -0.05) is 26.0 Å². The predicted octanol–water partition coefficient (Wildman–Crippen LogP) is 4.68. The van der Waals surface area contributed by atoms with Crippen molar-refractivity contribution in [2.75, 3.05) is 17.7 Å². The molecule has 2 N–H and O–H groups in total. The molecule has 1 aromatic heterocycles. The predicted molar refractivity (Wildman–Crippen MR) is 105 cm³/mol. The maximum Gasteiger partial charge on any atom is 0.293 e. The van der Waals surface area contributed by atoms with Gasteiger partial charge in [-0.15, -0.1) is 0 Å². The Hall–Kier alpha value is -3.28. The highest BCUT2D eigenvalue weighted by atomic mass is 16.5. The zero-order chi connectivity index (χ0) is 19.4. The lowest BCUT2D eigenvalue weighted by molar-refractivity contribution is -0.116. The van der Waals surface area contributed by atoms with Gasteiger partial charge in [-0.2, -0.15) is 0 Å². The third kappa shape index (κ3) is 4.28. The van der Waals surface area contributed by atoms with Gasteiger partial charge in [0.1, 0.15) is 17.0 Å². The summed E-state index contributed by atoms with van der Waals surface area (Å²) >= 11 is 0. The number of carbonyl (C=O) groups excluding carboxylic acids is 2. The molecule has 0 radical (unpaired) electrons. The first kappa shape index (κ1) is 18.5. The van der Waals surface area contributed by atoms with Gasteiger partial charge in [0.25, 0.3) is 5.91 Å². The van der Waals surface area contributed by atoms with Crippen LogP contribution >= 0.6 is 0 Å². The van der Waals surface area contributed by atoms with E-state index in [1.54, 1.807) is 37.4 Å². The fourth-order valence-corrected chi connectivity index (χ4v) is 2.75. The molecule has 0 aliphatic carbocycles. The van der Waals surface area contributed by atoms with Crippen molar-refractivity contribution >= 4 is 34.2 Å². The van der Waals surface area contributed by atoms with Crippen molar-refractivity contribution in [1.29, 1.82) is 0 Å². The van der Waals surface area contributed by atoms with Crippen LogP contribution in [0.4, 0.5) is 11.4 Å². The molecule has 0 atom stereocenters. The second kappa shape index (κ2) is 7.95. The van der Waals surface area contributed by atoms with E-state index < -0.39 is 5.91 Å². The van der Waals surface area contributed by atoms with E-state index in [1.807, 2.05) is 32.0 Å². The molecule has 27 heavy (non-hydrogen) atoms. The fourth-order valence-electron chi connectivity index (χ4n) is 2.75. The molecule has 3 aromatic rings. The molecule has 2 amide bonds. The fraction of sp³-hybridized carbons (Fsp3) is 0.238. The molecule has 6 heteroatoms. The molecule has 6 nitrogen and oxygen atoms in total. The molecule has 0 fully saturated rings. The van der Waals surface area contributed by atoms with E-state index in [1.165, 1.54) is 0 Å². The molecule has 3 rings (SSSR count). The first-order valence-corrected chi connectivity index (χ1v) is 8.74. The van der Waals surface area contributed by atoms with Crippen LogP contribution in [0.5, 0.6) is 5.75 Å². The summed E-state index contributed by atoms with van der Waals surface area (Å²) in [5.41, 5.74) is 1.53. The van der Waals surface area contributed by atoms with Gasteiger partial charge >= 0.3 is 0 Å². The van der Waals surface area contributed by atoms with Crippen LogP contribution in [0.25, 0.3) is 11.0 Å². The Morgan fingerprint density at radius 3 is 2.41 bits per heavy atom. The van der Waals surface area contributed by atoms with E-state index in [4.69, 9.17) is 9.15 Å². The Morgan fingerprint density at radius 1 is 1.04 bits per heavy atom. The number of furan rings is 1. The molecule has 0 aliphatic rings. The summed E-state index contributed by atoms with van der Waals surface area (Å²) in [7, 11) is 1.58. The largest absolute Gasteiger partial charge is 0.497 e. The standard InChI is InChI=1S/C21H22N2O4/c1-13(2)12-18(24)23-19-16-6-4-5-7-17(16)27-20(19)21(25)22-14-8-10-15(26-3)11-9-14/h4-11,13H,12H2,1-3H3,(H,22,25)(H,23,24). The van der Waals surface area contributed by atoms with Crippen molar-refractivity contribution in [3.8, 4) is 5.75 Å². The molecule has 1 heterocycles. The number of fused-ring (bicyclic) bond motifs is 1. The average Bonchev–Trinajstić information content (AvgIpc) is 3.00. The van der Waals surface area contributed by atoms with E-state index >= 15 is 0 Å². The zero-order valence-electron chi connectivity index (χ0n) is 15.5. The quantitative estimate of drug-likeness (QED) is 0.664. The Kier molecular flexibility index (Phi) is 5.45. The summed E-state index contributed by atoms with van der Waals surface area (Å²) < 4.78 is 10.8. The molecule has 2 aromatic carbocycles. The topological polar surface area (TPSA) is 80.6 Å². The van der Waals surface area contributed by atoms with Gasteiger partial charge in [0.2, 0.25) is 11.7 Å². The summed E-state index contributed by atoms with van der Waals surface area (Å²) in [6, 6.07) is 14.2. The highest BCUT2D eigenvalue weighted by Gasteiger charge is 2.22. The monoisotopic (exact) mass is 366 g/mol. The third-order valence-corrected chi connectivity index (χ3v) is 4.01. The minimum Gasteiger partial charge on any atom is -0.497 e. The van der Waals surface area contributed by atoms with Crippen LogP contribution in [0.1, 0.15) is 30.8 Å². The van der Waals surface area contributed by atoms with Crippen LogP contribution < -0.4 is 15.4 Å². The first-order chi connectivity index (χ1) is 13.0. The average molecular weight is 366 g/mol. The van der Waals surface area contributed by atoms with Gasteiger partial charge < -0.3 is 19.8 Å². The maximum absolute atomic E-state index is 12.8. The number of ether oxygens (including phenoxy) is 1. The SMILES string of the molecule is COc1ccc(NC(=O)c2oc3ccccc3c2NC(=O)CC(C)C)cc1. The first-order valence-electron chi connectivity index (χ1n) is 8.74. The maximum atomic E-state index is 12.8. The lowest BCUT2D eigenvalue weighted by Crippen LogP contribution is -2.18. The lowest BCUT2D eigenvalue weighted by Gasteiger charge is -2.09. The van der Waals surface area contributed by atoms with E-state index in [2.05, 4.69) is 10.6 Å². The van der Waals surface area contributed by atoms with Crippen LogP contribution in [0.2, 0.25) is 0 Å². The van der Waals surface area contributed by atoms with Crippen molar-refractivity contribution in [1.82, 2.24) is 0 Å². The number of benzene rings is 2. The van der Waals surface area contributed by atoms with E-state index in [-0.39, 0.29) is 17.6 Å². The number of anilines is 2. The van der Waals surface area contributed by atoms with Gasteiger partial charge in [-0.05, 0) is 42.3 Å². The molecule has 0 saturated heterocycles. The summed E-state index contributed by atoms with van der Waals surface area (Å²) in [6.45, 7) is 3.93. The second-order valence-electron chi connectivity index (χ2n) is 6.63. The Bertz CT molecular complexity index is 958. The third-order valence-electron chi connectivity index (χ3n) is 4.01. The molecule has 0 unspecified atom stereocenters. The summed E-state index contributed by atoms with van der Waals surface area (Å²) in [6.07, 6.45) is 0.360. The van der Waals surface area contributed by atoms with Gasteiger partial charge in [0.15, 0.2) is 0 Å². The number of hydrogen-bond donors (Lipinski definition) is 2. The highest BCUT2D eigenvalue weighted by molar-refractivity contribution is 6.14. The Balaban J connectivity index is 1.90. The van der Waals surface area contributed by atoms with Crippen molar-refractivity contribution < 1.29 is 18.7 Å². The number of carbonyl (C=O) groups is 2. The van der Waals surface area contributed by atoms with Crippen molar-refractivity contribution in [2.24, 2.45) is 5.92 Å². The zero-order valence-corrected chi connectivity index (χ0v) is 15.5.